The molecule has 0 spiro atoms. The van der Waals surface area contributed by atoms with Crippen LogP contribution >= 0.6 is 0 Å². The zero-order valence-corrected chi connectivity index (χ0v) is 11.5. The molecular weight excluding hydrogens is 262 g/mol. The van der Waals surface area contributed by atoms with Crippen molar-refractivity contribution in [2.24, 2.45) is 0 Å². The van der Waals surface area contributed by atoms with Crippen LogP contribution in [0.3, 0.4) is 0 Å². The van der Waals surface area contributed by atoms with E-state index in [0.29, 0.717) is 17.5 Å². The molecule has 1 heterocycles. The van der Waals surface area contributed by atoms with Gasteiger partial charge >= 0.3 is 11.7 Å². The third-order valence-electron chi connectivity index (χ3n) is 3.19. The fourth-order valence-electron chi connectivity index (χ4n) is 2.14. The molecule has 0 amide bonds. The second-order valence-electron chi connectivity index (χ2n) is 4.42. The molecule has 0 N–H and O–H groups in total. The van der Waals surface area contributed by atoms with Gasteiger partial charge in [-0.05, 0) is 31.5 Å². The summed E-state index contributed by atoms with van der Waals surface area (Å²) in [5, 5.41) is 0. The highest BCUT2D eigenvalue weighted by Gasteiger charge is 2.24. The highest BCUT2D eigenvalue weighted by atomic mass is 16.5. The molecule has 0 saturated heterocycles. The Morgan fingerprint density at radius 1 is 1.40 bits per heavy atom. The molecule has 1 aromatic carbocycles. The monoisotopic (exact) mass is 277 g/mol. The van der Waals surface area contributed by atoms with Gasteiger partial charge in [-0.25, -0.2) is 9.59 Å². The van der Waals surface area contributed by atoms with E-state index in [9.17, 15) is 14.4 Å². The van der Waals surface area contributed by atoms with Crippen LogP contribution in [0.25, 0.3) is 11.1 Å². The Morgan fingerprint density at radius 2 is 2.10 bits per heavy atom. The van der Waals surface area contributed by atoms with Crippen LogP contribution in [0.4, 0.5) is 0 Å². The molecule has 0 bridgehead atoms. The van der Waals surface area contributed by atoms with Crippen LogP contribution < -0.4 is 5.76 Å². The second kappa shape index (κ2) is 5.32. The Labute approximate surface area is 114 Å². The van der Waals surface area contributed by atoms with Crippen molar-refractivity contribution in [2.75, 3.05) is 7.11 Å². The molecule has 20 heavy (non-hydrogen) atoms. The molecule has 1 unspecified atom stereocenters. The Hall–Kier alpha value is -2.37. The van der Waals surface area contributed by atoms with E-state index in [4.69, 9.17) is 9.15 Å². The van der Waals surface area contributed by atoms with Crippen LogP contribution in [0.5, 0.6) is 0 Å². The van der Waals surface area contributed by atoms with Crippen LogP contribution in [0.2, 0.25) is 0 Å². The van der Waals surface area contributed by atoms with E-state index in [1.165, 1.54) is 24.7 Å². The largest absolute Gasteiger partial charge is 0.467 e. The van der Waals surface area contributed by atoms with Crippen LogP contribution in [0.1, 0.15) is 36.7 Å². The smallest absolute Gasteiger partial charge is 0.420 e. The maximum atomic E-state index is 11.9. The van der Waals surface area contributed by atoms with Gasteiger partial charge in [0, 0.05) is 5.56 Å². The third-order valence-corrected chi connectivity index (χ3v) is 3.19. The number of benzene rings is 1. The predicted octanol–water partition coefficient (Wildman–Crippen LogP) is 1.92. The van der Waals surface area contributed by atoms with E-state index < -0.39 is 17.8 Å². The lowest BCUT2D eigenvalue weighted by molar-refractivity contribution is -0.144. The number of hydrogen-bond acceptors (Lipinski definition) is 5. The maximum Gasteiger partial charge on any atom is 0.420 e. The number of rotatable bonds is 4. The van der Waals surface area contributed by atoms with Gasteiger partial charge in [-0.15, -0.1) is 0 Å². The molecule has 6 heteroatoms. The third kappa shape index (κ3) is 2.24. The summed E-state index contributed by atoms with van der Waals surface area (Å²) in [7, 11) is 1.27. The summed E-state index contributed by atoms with van der Waals surface area (Å²) in [6.45, 7) is 3.20. The van der Waals surface area contributed by atoms with E-state index >= 15 is 0 Å². The SMILES string of the molecule is CCC(C(=O)OC)n1c(=O)oc2cc(C(C)=O)ccc21. The maximum absolute atomic E-state index is 11.9. The molecular formula is C14H15NO5. The predicted molar refractivity (Wildman–Crippen MR) is 71.8 cm³/mol. The summed E-state index contributed by atoms with van der Waals surface area (Å²) in [5.74, 6) is -1.27. The minimum atomic E-state index is -0.739. The van der Waals surface area contributed by atoms with E-state index in [-0.39, 0.29) is 11.4 Å². The number of aromatic nitrogens is 1. The van der Waals surface area contributed by atoms with Gasteiger partial charge in [0.05, 0.1) is 12.6 Å². The number of Topliss-reactive ketones (excluding diaryl/α,β-unsaturated/α-hetero) is 1. The lowest BCUT2D eigenvalue weighted by Gasteiger charge is -2.13. The lowest BCUT2D eigenvalue weighted by Crippen LogP contribution is -2.27. The molecule has 1 aromatic heterocycles. The van der Waals surface area contributed by atoms with Crippen LogP contribution in [-0.2, 0) is 9.53 Å². The Bertz CT molecular complexity index is 725. The number of ketones is 1. The van der Waals surface area contributed by atoms with Crippen LogP contribution in [0, 0.1) is 0 Å². The fourth-order valence-corrected chi connectivity index (χ4v) is 2.14. The van der Waals surface area contributed by atoms with E-state index in [1.54, 1.807) is 19.1 Å². The van der Waals surface area contributed by atoms with Gasteiger partial charge in [0.2, 0.25) is 0 Å². The summed E-state index contributed by atoms with van der Waals surface area (Å²) in [5.41, 5.74) is 1.20. The molecule has 1 atom stereocenters. The molecule has 106 valence electrons. The van der Waals surface area contributed by atoms with Crippen molar-refractivity contribution in [2.45, 2.75) is 26.3 Å². The topological polar surface area (TPSA) is 78.5 Å². The second-order valence-corrected chi connectivity index (χ2v) is 4.42. The first-order valence-corrected chi connectivity index (χ1v) is 6.23. The fraction of sp³-hybridized carbons (Fsp3) is 0.357. The van der Waals surface area contributed by atoms with Gasteiger partial charge in [0.1, 0.15) is 6.04 Å². The molecule has 6 nitrogen and oxygen atoms in total. The van der Waals surface area contributed by atoms with Gasteiger partial charge in [0.25, 0.3) is 0 Å². The molecule has 0 saturated carbocycles. The lowest BCUT2D eigenvalue weighted by atomic mass is 10.1. The average molecular weight is 277 g/mol. The molecule has 2 aromatic rings. The Kier molecular flexibility index (Phi) is 3.74. The van der Waals surface area contributed by atoms with Gasteiger partial charge in [0.15, 0.2) is 11.4 Å². The Balaban J connectivity index is 2.65. The highest BCUT2D eigenvalue weighted by Crippen LogP contribution is 2.21. The molecule has 0 aliphatic carbocycles. The Morgan fingerprint density at radius 3 is 2.65 bits per heavy atom. The number of nitrogens with zero attached hydrogens (tertiary/aromatic N) is 1. The summed E-state index contributed by atoms with van der Waals surface area (Å²) < 4.78 is 11.1. The van der Waals surface area contributed by atoms with E-state index in [0.717, 1.165) is 0 Å². The molecule has 0 aliphatic rings. The summed E-state index contributed by atoms with van der Waals surface area (Å²) in [6.07, 6.45) is 0.398. The van der Waals surface area contributed by atoms with Crippen molar-refractivity contribution >= 4 is 22.9 Å². The quantitative estimate of drug-likeness (QED) is 0.630. The van der Waals surface area contributed by atoms with Gasteiger partial charge in [-0.2, -0.15) is 0 Å². The first-order valence-electron chi connectivity index (χ1n) is 6.23. The molecule has 0 fully saturated rings. The van der Waals surface area contributed by atoms with Crippen molar-refractivity contribution in [3.8, 4) is 0 Å². The van der Waals surface area contributed by atoms with Gasteiger partial charge < -0.3 is 9.15 Å². The number of carbonyl (C=O) groups excluding carboxylic acids is 2. The first-order chi connectivity index (χ1) is 9.49. The van der Waals surface area contributed by atoms with E-state index in [2.05, 4.69) is 0 Å². The van der Waals surface area contributed by atoms with Crippen LogP contribution in [-0.4, -0.2) is 23.4 Å². The zero-order valence-electron chi connectivity index (χ0n) is 11.5. The van der Waals surface area contributed by atoms with Crippen molar-refractivity contribution in [3.63, 3.8) is 0 Å². The minimum Gasteiger partial charge on any atom is -0.467 e. The summed E-state index contributed by atoms with van der Waals surface area (Å²) in [4.78, 5) is 35.0. The van der Waals surface area contributed by atoms with Gasteiger partial charge in [-0.1, -0.05) is 6.92 Å². The van der Waals surface area contributed by atoms with Gasteiger partial charge in [-0.3, -0.25) is 9.36 Å². The number of ether oxygens (including phenoxy) is 1. The number of esters is 1. The minimum absolute atomic E-state index is 0.123. The van der Waals surface area contributed by atoms with E-state index in [1.807, 2.05) is 0 Å². The average Bonchev–Trinajstić information content (AvgIpc) is 2.75. The summed E-state index contributed by atoms with van der Waals surface area (Å²) in [6, 6.07) is 3.96. The highest BCUT2D eigenvalue weighted by molar-refractivity contribution is 5.97. The van der Waals surface area contributed by atoms with Crippen molar-refractivity contribution in [3.05, 3.63) is 34.3 Å². The van der Waals surface area contributed by atoms with Crippen molar-refractivity contribution in [1.82, 2.24) is 4.57 Å². The van der Waals surface area contributed by atoms with Crippen LogP contribution in [0.15, 0.2) is 27.4 Å². The molecule has 0 radical (unpaired) electrons. The number of fused-ring (bicyclic) bond motifs is 1. The van der Waals surface area contributed by atoms with Crippen molar-refractivity contribution in [1.29, 1.82) is 0 Å². The standard InChI is InChI=1S/C14H15NO5/c1-4-10(13(17)19-3)15-11-6-5-9(8(2)16)7-12(11)20-14(15)18/h5-7,10H,4H2,1-3H3. The number of methoxy groups -OCH3 is 1. The van der Waals surface area contributed by atoms with Crippen molar-refractivity contribution < 1.29 is 18.7 Å². The summed E-state index contributed by atoms with van der Waals surface area (Å²) >= 11 is 0. The molecule has 0 aliphatic heterocycles. The first kappa shape index (κ1) is 14.0. The normalized spacial score (nSPS) is 12.3. The molecule has 2 rings (SSSR count). The number of carbonyl (C=O) groups is 2. The zero-order chi connectivity index (χ0) is 14.9. The number of oxazole rings is 1. The number of hydrogen-bond donors (Lipinski definition) is 0.